The molecule has 3 aromatic rings. The van der Waals surface area contributed by atoms with Crippen LogP contribution >= 0.6 is 0 Å². The topological polar surface area (TPSA) is 31.6 Å². The summed E-state index contributed by atoms with van der Waals surface area (Å²) < 4.78 is 16.6. The molecule has 0 aliphatic carbocycles. The summed E-state index contributed by atoms with van der Waals surface area (Å²) in [5.74, 6) is 2.53. The largest absolute Gasteiger partial charge is 0.490 e. The Morgan fingerprint density at radius 1 is 0.667 bits per heavy atom. The molecule has 0 spiro atoms. The van der Waals surface area contributed by atoms with Gasteiger partial charge in [0.2, 0.25) is 0 Å². The van der Waals surface area contributed by atoms with Crippen molar-refractivity contribution in [2.45, 2.75) is 0 Å². The highest BCUT2D eigenvalue weighted by Crippen LogP contribution is 2.22. The molecule has 0 fully saturated rings. The van der Waals surface area contributed by atoms with Crippen molar-refractivity contribution in [1.29, 1.82) is 0 Å². The van der Waals surface area contributed by atoms with Gasteiger partial charge in [-0.3, -0.25) is 0 Å². The lowest BCUT2D eigenvalue weighted by molar-refractivity contribution is 0.217. The molecule has 3 heteroatoms. The lowest BCUT2D eigenvalue weighted by Crippen LogP contribution is -2.08. The van der Waals surface area contributed by atoms with Crippen LogP contribution in [-0.4, -0.2) is 13.2 Å². The number of benzene rings is 2. The van der Waals surface area contributed by atoms with E-state index in [1.54, 1.807) is 6.26 Å². The third-order valence-electron chi connectivity index (χ3n) is 3.02. The normalized spacial score (nSPS) is 10.3. The molecule has 0 radical (unpaired) electrons. The molecule has 2 aromatic carbocycles. The summed E-state index contributed by atoms with van der Waals surface area (Å²) >= 11 is 0. The average Bonchev–Trinajstić information content (AvgIpc) is 3.08. The van der Waals surface area contributed by atoms with Gasteiger partial charge in [0.15, 0.2) is 0 Å². The van der Waals surface area contributed by atoms with Crippen molar-refractivity contribution in [2.24, 2.45) is 0 Å². The lowest BCUT2D eigenvalue weighted by atomic mass is 10.2. The van der Waals surface area contributed by atoms with Gasteiger partial charge in [0.05, 0.1) is 6.26 Å². The van der Waals surface area contributed by atoms with Gasteiger partial charge >= 0.3 is 0 Å². The first-order valence-electron chi connectivity index (χ1n) is 6.86. The van der Waals surface area contributed by atoms with Crippen LogP contribution in [-0.2, 0) is 0 Å². The Bertz CT molecular complexity index is 643. The molecule has 0 N–H and O–H groups in total. The molecule has 3 rings (SSSR count). The standard InChI is InChI=1S/C18H16O3/c1-2-5-16(6-3-1)19-13-14-20-17-10-8-15(9-11-17)18-7-4-12-21-18/h1-12H,13-14H2. The number of para-hydroxylation sites is 1. The first-order chi connectivity index (χ1) is 10.4. The van der Waals surface area contributed by atoms with Crippen LogP contribution in [0.1, 0.15) is 0 Å². The Morgan fingerprint density at radius 3 is 1.95 bits per heavy atom. The molecule has 0 amide bonds. The van der Waals surface area contributed by atoms with Crippen LogP contribution in [0.25, 0.3) is 11.3 Å². The lowest BCUT2D eigenvalue weighted by Gasteiger charge is -2.08. The summed E-state index contributed by atoms with van der Waals surface area (Å²) in [6.45, 7) is 1.03. The zero-order valence-corrected chi connectivity index (χ0v) is 11.6. The van der Waals surface area contributed by atoms with Crippen molar-refractivity contribution in [1.82, 2.24) is 0 Å². The molecule has 21 heavy (non-hydrogen) atoms. The zero-order valence-electron chi connectivity index (χ0n) is 11.6. The van der Waals surface area contributed by atoms with Gasteiger partial charge in [0, 0.05) is 5.56 Å². The van der Waals surface area contributed by atoms with Crippen molar-refractivity contribution in [2.75, 3.05) is 13.2 Å². The van der Waals surface area contributed by atoms with Gasteiger partial charge in [-0.25, -0.2) is 0 Å². The van der Waals surface area contributed by atoms with Gasteiger partial charge in [0.25, 0.3) is 0 Å². The van der Waals surface area contributed by atoms with Crippen molar-refractivity contribution in [3.8, 4) is 22.8 Å². The van der Waals surface area contributed by atoms with E-state index in [9.17, 15) is 0 Å². The van der Waals surface area contributed by atoms with E-state index in [1.807, 2.05) is 66.7 Å². The quantitative estimate of drug-likeness (QED) is 0.627. The van der Waals surface area contributed by atoms with E-state index in [0.717, 1.165) is 22.8 Å². The second kappa shape index (κ2) is 6.66. The van der Waals surface area contributed by atoms with E-state index in [2.05, 4.69) is 0 Å². The second-order valence-electron chi connectivity index (χ2n) is 4.51. The van der Waals surface area contributed by atoms with Gasteiger partial charge < -0.3 is 13.9 Å². The van der Waals surface area contributed by atoms with E-state index in [-0.39, 0.29) is 0 Å². The van der Waals surface area contributed by atoms with Crippen LogP contribution in [0.15, 0.2) is 77.4 Å². The van der Waals surface area contributed by atoms with Gasteiger partial charge in [-0.1, -0.05) is 18.2 Å². The number of furan rings is 1. The van der Waals surface area contributed by atoms with Crippen LogP contribution in [0.4, 0.5) is 0 Å². The smallest absolute Gasteiger partial charge is 0.133 e. The second-order valence-corrected chi connectivity index (χ2v) is 4.51. The summed E-state index contributed by atoms with van der Waals surface area (Å²) in [5.41, 5.74) is 1.04. The predicted molar refractivity (Wildman–Crippen MR) is 81.6 cm³/mol. The van der Waals surface area contributed by atoms with Crippen molar-refractivity contribution >= 4 is 0 Å². The molecule has 1 heterocycles. The van der Waals surface area contributed by atoms with Gasteiger partial charge in [-0.05, 0) is 48.5 Å². The molecule has 3 nitrogen and oxygen atoms in total. The van der Waals surface area contributed by atoms with Crippen LogP contribution < -0.4 is 9.47 Å². The number of rotatable bonds is 6. The summed E-state index contributed by atoms with van der Waals surface area (Å²) in [5, 5.41) is 0. The van der Waals surface area contributed by atoms with Crippen LogP contribution in [0.3, 0.4) is 0 Å². The fourth-order valence-electron chi connectivity index (χ4n) is 1.99. The SMILES string of the molecule is c1ccc(OCCOc2ccc(-c3ccco3)cc2)cc1. The first-order valence-corrected chi connectivity index (χ1v) is 6.86. The Hall–Kier alpha value is -2.68. The maximum atomic E-state index is 5.64. The fourth-order valence-corrected chi connectivity index (χ4v) is 1.99. The van der Waals surface area contributed by atoms with Crippen LogP contribution in [0, 0.1) is 0 Å². The Balaban J connectivity index is 1.47. The minimum atomic E-state index is 0.509. The molecule has 0 atom stereocenters. The molecule has 1 aromatic heterocycles. The summed E-state index contributed by atoms with van der Waals surface area (Å²) in [6.07, 6.45) is 1.67. The number of hydrogen-bond acceptors (Lipinski definition) is 3. The highest BCUT2D eigenvalue weighted by atomic mass is 16.5. The molecule has 0 aliphatic rings. The summed E-state index contributed by atoms with van der Waals surface area (Å²) in [7, 11) is 0. The van der Waals surface area contributed by atoms with Crippen LogP contribution in [0.5, 0.6) is 11.5 Å². The first kappa shape index (κ1) is 13.3. The monoisotopic (exact) mass is 280 g/mol. The third kappa shape index (κ3) is 3.66. The highest BCUT2D eigenvalue weighted by Gasteiger charge is 2.01. The van der Waals surface area contributed by atoms with E-state index in [1.165, 1.54) is 0 Å². The Kier molecular flexibility index (Phi) is 4.22. The average molecular weight is 280 g/mol. The van der Waals surface area contributed by atoms with Crippen molar-refractivity contribution in [3.63, 3.8) is 0 Å². The van der Waals surface area contributed by atoms with Gasteiger partial charge in [0.1, 0.15) is 30.5 Å². The van der Waals surface area contributed by atoms with E-state index in [4.69, 9.17) is 13.9 Å². The maximum Gasteiger partial charge on any atom is 0.133 e. The van der Waals surface area contributed by atoms with Crippen molar-refractivity contribution in [3.05, 3.63) is 73.0 Å². The fraction of sp³-hybridized carbons (Fsp3) is 0.111. The molecule has 0 bridgehead atoms. The highest BCUT2D eigenvalue weighted by molar-refractivity contribution is 5.58. The molecule has 106 valence electrons. The van der Waals surface area contributed by atoms with E-state index >= 15 is 0 Å². The van der Waals surface area contributed by atoms with E-state index < -0.39 is 0 Å². The Morgan fingerprint density at radius 2 is 1.33 bits per heavy atom. The zero-order chi connectivity index (χ0) is 14.3. The Labute approximate surface area is 123 Å². The molecule has 0 aliphatic heterocycles. The minimum Gasteiger partial charge on any atom is -0.490 e. The predicted octanol–water partition coefficient (Wildman–Crippen LogP) is 4.40. The molecule has 0 saturated carbocycles. The molecule has 0 unspecified atom stereocenters. The van der Waals surface area contributed by atoms with Gasteiger partial charge in [-0.15, -0.1) is 0 Å². The minimum absolute atomic E-state index is 0.509. The summed E-state index contributed by atoms with van der Waals surface area (Å²) in [4.78, 5) is 0. The van der Waals surface area contributed by atoms with Gasteiger partial charge in [-0.2, -0.15) is 0 Å². The number of ether oxygens (including phenoxy) is 2. The molecule has 0 saturated heterocycles. The molecular formula is C18H16O3. The van der Waals surface area contributed by atoms with E-state index in [0.29, 0.717) is 13.2 Å². The third-order valence-corrected chi connectivity index (χ3v) is 3.02. The summed E-state index contributed by atoms with van der Waals surface area (Å²) in [6, 6.07) is 21.3. The molecular weight excluding hydrogens is 264 g/mol. The van der Waals surface area contributed by atoms with Crippen molar-refractivity contribution < 1.29 is 13.9 Å². The van der Waals surface area contributed by atoms with Crippen LogP contribution in [0.2, 0.25) is 0 Å². The number of hydrogen-bond donors (Lipinski definition) is 0. The maximum absolute atomic E-state index is 5.64.